The largest absolute Gasteiger partial charge is 0.381 e. The molecule has 7 heteroatoms. The first-order valence-corrected chi connectivity index (χ1v) is 10.2. The lowest BCUT2D eigenvalue weighted by atomic mass is 10.1. The lowest BCUT2D eigenvalue weighted by Gasteiger charge is -2.28. The van der Waals surface area contributed by atoms with Gasteiger partial charge in [-0.15, -0.1) is 0 Å². The van der Waals surface area contributed by atoms with Crippen LogP contribution in [0.2, 0.25) is 0 Å². The molecular formula is C22H25N5O2. The highest BCUT2D eigenvalue weighted by Gasteiger charge is 2.24. The quantitative estimate of drug-likeness (QED) is 0.681. The van der Waals surface area contributed by atoms with Gasteiger partial charge in [-0.2, -0.15) is 5.10 Å². The number of benzene rings is 1. The maximum absolute atomic E-state index is 5.58. The lowest BCUT2D eigenvalue weighted by molar-refractivity contribution is 0.122. The van der Waals surface area contributed by atoms with Crippen molar-refractivity contribution in [2.24, 2.45) is 0 Å². The van der Waals surface area contributed by atoms with E-state index in [1.165, 1.54) is 5.56 Å². The Kier molecular flexibility index (Phi) is 4.99. The van der Waals surface area contributed by atoms with Crippen molar-refractivity contribution in [1.82, 2.24) is 19.7 Å². The Morgan fingerprint density at radius 3 is 2.62 bits per heavy atom. The molecule has 5 rings (SSSR count). The second-order valence-corrected chi connectivity index (χ2v) is 7.62. The molecule has 2 aromatic heterocycles. The van der Waals surface area contributed by atoms with Gasteiger partial charge in [-0.3, -0.25) is 0 Å². The molecule has 0 aliphatic carbocycles. The zero-order chi connectivity index (χ0) is 19.6. The summed E-state index contributed by atoms with van der Waals surface area (Å²) in [6, 6.07) is 12.4. The van der Waals surface area contributed by atoms with Crippen LogP contribution in [0.1, 0.15) is 23.7 Å². The summed E-state index contributed by atoms with van der Waals surface area (Å²) in [5, 5.41) is 4.80. The number of rotatable bonds is 4. The van der Waals surface area contributed by atoms with Crippen LogP contribution in [0.15, 0.2) is 42.6 Å². The Morgan fingerprint density at radius 1 is 0.966 bits per heavy atom. The van der Waals surface area contributed by atoms with E-state index in [0.717, 1.165) is 68.0 Å². The van der Waals surface area contributed by atoms with Crippen molar-refractivity contribution in [3.05, 3.63) is 54.0 Å². The van der Waals surface area contributed by atoms with Crippen molar-refractivity contribution < 1.29 is 9.47 Å². The third kappa shape index (κ3) is 3.88. The van der Waals surface area contributed by atoms with Gasteiger partial charge in [-0.25, -0.2) is 14.6 Å². The molecule has 1 aromatic carbocycles. The average Bonchev–Trinajstić information content (AvgIpc) is 3.47. The van der Waals surface area contributed by atoms with Crippen LogP contribution in [0.4, 0.5) is 5.82 Å². The van der Waals surface area contributed by atoms with Crippen LogP contribution in [0.25, 0.3) is 17.1 Å². The van der Waals surface area contributed by atoms with Gasteiger partial charge in [-0.05, 0) is 25.5 Å². The Balaban J connectivity index is 1.52. The van der Waals surface area contributed by atoms with Gasteiger partial charge in [0.25, 0.3) is 0 Å². The minimum atomic E-state index is 0.238. The monoisotopic (exact) mass is 391 g/mol. The van der Waals surface area contributed by atoms with E-state index < -0.39 is 0 Å². The summed E-state index contributed by atoms with van der Waals surface area (Å²) >= 11 is 0. The van der Waals surface area contributed by atoms with E-state index in [1.807, 2.05) is 23.0 Å². The zero-order valence-corrected chi connectivity index (χ0v) is 16.6. The summed E-state index contributed by atoms with van der Waals surface area (Å²) in [5.41, 5.74) is 3.26. The van der Waals surface area contributed by atoms with Crippen LogP contribution in [0.3, 0.4) is 0 Å². The fraction of sp³-hybridized carbons (Fsp3) is 0.409. The molecule has 0 bridgehead atoms. The number of hydrogen-bond acceptors (Lipinski definition) is 6. The van der Waals surface area contributed by atoms with Crippen LogP contribution in [-0.4, -0.2) is 59.3 Å². The molecule has 0 saturated carbocycles. The van der Waals surface area contributed by atoms with Gasteiger partial charge in [0.15, 0.2) is 5.82 Å². The molecule has 1 atom stereocenters. The maximum atomic E-state index is 5.58. The van der Waals surface area contributed by atoms with E-state index in [2.05, 4.69) is 36.1 Å². The lowest BCUT2D eigenvalue weighted by Crippen LogP contribution is -2.37. The summed E-state index contributed by atoms with van der Waals surface area (Å²) < 4.78 is 12.9. The third-order valence-electron chi connectivity index (χ3n) is 5.48. The van der Waals surface area contributed by atoms with E-state index in [4.69, 9.17) is 24.5 Å². The fourth-order valence-electron chi connectivity index (χ4n) is 3.84. The molecule has 2 aliphatic rings. The molecule has 0 unspecified atom stereocenters. The van der Waals surface area contributed by atoms with Gasteiger partial charge < -0.3 is 14.4 Å². The van der Waals surface area contributed by atoms with Crippen molar-refractivity contribution in [2.75, 3.05) is 44.4 Å². The molecule has 0 N–H and O–H groups in total. The molecule has 3 aromatic rings. The molecule has 4 heterocycles. The summed E-state index contributed by atoms with van der Waals surface area (Å²) in [7, 11) is 0. The molecule has 150 valence electrons. The van der Waals surface area contributed by atoms with Gasteiger partial charge in [0.1, 0.15) is 11.6 Å². The standard InChI is InChI=1S/C22H25N5O2/c1-16-3-2-4-17(13-16)19-5-7-27(25-19)21-14-20(26-8-11-28-12-9-26)23-22(24-21)18-6-10-29-15-18/h2-5,7,13-14,18H,6,8-12,15H2,1H3/t18-/m0/s1. The number of nitrogens with zero attached hydrogens (tertiary/aromatic N) is 5. The first-order valence-electron chi connectivity index (χ1n) is 10.2. The predicted octanol–water partition coefficient (Wildman–Crippen LogP) is 2.98. The normalized spacial score (nSPS) is 19.6. The second-order valence-electron chi connectivity index (χ2n) is 7.62. The highest BCUT2D eigenvalue weighted by Crippen LogP contribution is 2.27. The highest BCUT2D eigenvalue weighted by atomic mass is 16.5. The maximum Gasteiger partial charge on any atom is 0.159 e. The molecule has 2 saturated heterocycles. The van der Waals surface area contributed by atoms with E-state index in [9.17, 15) is 0 Å². The molecule has 0 spiro atoms. The van der Waals surface area contributed by atoms with Crippen molar-refractivity contribution in [3.63, 3.8) is 0 Å². The van der Waals surface area contributed by atoms with Crippen LogP contribution in [-0.2, 0) is 9.47 Å². The van der Waals surface area contributed by atoms with Crippen LogP contribution in [0.5, 0.6) is 0 Å². The number of hydrogen-bond donors (Lipinski definition) is 0. The fourth-order valence-corrected chi connectivity index (χ4v) is 3.84. The minimum Gasteiger partial charge on any atom is -0.381 e. The Labute approximate surface area is 170 Å². The smallest absolute Gasteiger partial charge is 0.159 e. The van der Waals surface area contributed by atoms with Gasteiger partial charge in [0.2, 0.25) is 0 Å². The Bertz CT molecular complexity index is 990. The number of aryl methyl sites for hydroxylation is 1. The summed E-state index contributed by atoms with van der Waals surface area (Å²) in [6.45, 7) is 6.66. The van der Waals surface area contributed by atoms with Gasteiger partial charge in [-0.1, -0.05) is 23.8 Å². The first kappa shape index (κ1) is 18.3. The second kappa shape index (κ2) is 7.93. The van der Waals surface area contributed by atoms with E-state index in [-0.39, 0.29) is 5.92 Å². The zero-order valence-electron chi connectivity index (χ0n) is 16.6. The van der Waals surface area contributed by atoms with Gasteiger partial charge in [0, 0.05) is 43.4 Å². The van der Waals surface area contributed by atoms with Crippen LogP contribution in [0, 0.1) is 6.92 Å². The number of ether oxygens (including phenoxy) is 2. The van der Waals surface area contributed by atoms with Crippen molar-refractivity contribution in [3.8, 4) is 17.1 Å². The van der Waals surface area contributed by atoms with E-state index in [1.54, 1.807) is 0 Å². The number of anilines is 1. The van der Waals surface area contributed by atoms with E-state index >= 15 is 0 Å². The highest BCUT2D eigenvalue weighted by molar-refractivity contribution is 5.60. The number of aromatic nitrogens is 4. The summed E-state index contributed by atoms with van der Waals surface area (Å²) in [5.74, 6) is 2.81. The average molecular weight is 391 g/mol. The van der Waals surface area contributed by atoms with Crippen molar-refractivity contribution in [2.45, 2.75) is 19.3 Å². The summed E-state index contributed by atoms with van der Waals surface area (Å²) in [4.78, 5) is 12.0. The Morgan fingerprint density at radius 2 is 1.83 bits per heavy atom. The van der Waals surface area contributed by atoms with Crippen molar-refractivity contribution in [1.29, 1.82) is 0 Å². The molecule has 7 nitrogen and oxygen atoms in total. The van der Waals surface area contributed by atoms with Crippen LogP contribution < -0.4 is 4.90 Å². The Hall–Kier alpha value is -2.77. The van der Waals surface area contributed by atoms with Crippen molar-refractivity contribution >= 4 is 5.82 Å². The van der Waals surface area contributed by atoms with Crippen LogP contribution >= 0.6 is 0 Å². The SMILES string of the molecule is Cc1cccc(-c2ccn(-c3cc(N4CCOCC4)nc([C@H]4CCOC4)n3)n2)c1. The van der Waals surface area contributed by atoms with Gasteiger partial charge >= 0.3 is 0 Å². The number of morpholine rings is 1. The molecular weight excluding hydrogens is 366 g/mol. The minimum absolute atomic E-state index is 0.238. The topological polar surface area (TPSA) is 65.3 Å². The molecule has 29 heavy (non-hydrogen) atoms. The first-order chi connectivity index (χ1) is 14.3. The molecule has 0 radical (unpaired) electrons. The third-order valence-corrected chi connectivity index (χ3v) is 5.48. The van der Waals surface area contributed by atoms with E-state index in [0.29, 0.717) is 6.61 Å². The predicted molar refractivity (Wildman–Crippen MR) is 111 cm³/mol. The molecule has 2 fully saturated rings. The van der Waals surface area contributed by atoms with Gasteiger partial charge in [0.05, 0.1) is 25.5 Å². The molecule has 0 amide bonds. The molecule has 2 aliphatic heterocycles. The summed E-state index contributed by atoms with van der Waals surface area (Å²) in [6.07, 6.45) is 2.93.